The number of amides is 1. The molecule has 1 atom stereocenters. The van der Waals surface area contributed by atoms with Crippen molar-refractivity contribution in [3.63, 3.8) is 0 Å². The van der Waals surface area contributed by atoms with Gasteiger partial charge >= 0.3 is 0 Å². The Morgan fingerprint density at radius 2 is 2.00 bits per heavy atom. The van der Waals surface area contributed by atoms with E-state index in [-0.39, 0.29) is 11.2 Å². The first-order valence-electron chi connectivity index (χ1n) is 6.77. The van der Waals surface area contributed by atoms with Gasteiger partial charge in [-0.25, -0.2) is 0 Å². The third-order valence-electron chi connectivity index (χ3n) is 3.98. The Hall–Kier alpha value is -0.710. The van der Waals surface area contributed by atoms with E-state index in [1.54, 1.807) is 17.8 Å². The molecule has 5 heteroatoms. The van der Waals surface area contributed by atoms with Crippen LogP contribution in [0.15, 0.2) is 24.3 Å². The van der Waals surface area contributed by atoms with Crippen molar-refractivity contribution in [3.8, 4) is 0 Å². The molecule has 110 valence electrons. The molecular formula is C15H20ClNO2S. The highest BCUT2D eigenvalue weighted by atomic mass is 35.5. The summed E-state index contributed by atoms with van der Waals surface area (Å²) < 4.78 is 0. The topological polar surface area (TPSA) is 40.5 Å². The maximum absolute atomic E-state index is 12.1. The number of likely N-dealkylation sites (tertiary alicyclic amines) is 1. The summed E-state index contributed by atoms with van der Waals surface area (Å²) in [6, 6.07) is 7.40. The summed E-state index contributed by atoms with van der Waals surface area (Å²) in [4.78, 5) is 14.0. The normalized spacial score (nSPS) is 19.7. The Morgan fingerprint density at radius 1 is 1.40 bits per heavy atom. The minimum absolute atomic E-state index is 0.0264. The smallest absolute Gasteiger partial charge is 0.235 e. The largest absolute Gasteiger partial charge is 0.385 e. The van der Waals surface area contributed by atoms with Gasteiger partial charge < -0.3 is 10.0 Å². The molecule has 1 saturated heterocycles. The molecule has 1 aliphatic heterocycles. The first-order chi connectivity index (χ1) is 9.48. The lowest BCUT2D eigenvalue weighted by Crippen LogP contribution is -2.47. The molecule has 1 aliphatic rings. The third-order valence-corrected chi connectivity index (χ3v) is 5.22. The predicted octanol–water partition coefficient (Wildman–Crippen LogP) is 2.90. The molecule has 1 unspecified atom stereocenters. The number of hydrogen-bond acceptors (Lipinski definition) is 3. The number of benzene rings is 1. The van der Waals surface area contributed by atoms with Crippen LogP contribution in [0.2, 0.25) is 5.02 Å². The number of hydrogen-bond donors (Lipinski definition) is 1. The second-order valence-electron chi connectivity index (χ2n) is 5.21. The van der Waals surface area contributed by atoms with Crippen LogP contribution in [-0.2, 0) is 10.4 Å². The molecule has 1 heterocycles. The highest BCUT2D eigenvalue weighted by Gasteiger charge is 2.37. The van der Waals surface area contributed by atoms with Gasteiger partial charge in [-0.05, 0) is 32.1 Å². The number of halogens is 1. The summed E-state index contributed by atoms with van der Waals surface area (Å²) in [6.07, 6.45) is 3.00. The molecule has 1 aromatic rings. The Morgan fingerprint density at radius 3 is 2.55 bits per heavy atom. The van der Waals surface area contributed by atoms with Crippen LogP contribution < -0.4 is 0 Å². The van der Waals surface area contributed by atoms with E-state index in [4.69, 9.17) is 11.6 Å². The predicted molar refractivity (Wildman–Crippen MR) is 84.1 cm³/mol. The van der Waals surface area contributed by atoms with Crippen molar-refractivity contribution < 1.29 is 9.90 Å². The molecule has 0 bridgehead atoms. The Labute approximate surface area is 129 Å². The van der Waals surface area contributed by atoms with Gasteiger partial charge in [-0.1, -0.05) is 29.8 Å². The first kappa shape index (κ1) is 15.7. The molecule has 1 aromatic carbocycles. The summed E-state index contributed by atoms with van der Waals surface area (Å²) in [6.45, 7) is 3.07. The van der Waals surface area contributed by atoms with Crippen LogP contribution in [0.4, 0.5) is 0 Å². The van der Waals surface area contributed by atoms with Gasteiger partial charge in [0, 0.05) is 23.7 Å². The summed E-state index contributed by atoms with van der Waals surface area (Å²) in [5, 5.41) is 11.4. The minimum Gasteiger partial charge on any atom is -0.385 e. The molecule has 1 N–H and O–H groups in total. The average molecular weight is 314 g/mol. The molecule has 0 radical (unpaired) electrons. The van der Waals surface area contributed by atoms with Gasteiger partial charge in [0.25, 0.3) is 0 Å². The number of rotatable bonds is 3. The molecule has 3 nitrogen and oxygen atoms in total. The second-order valence-corrected chi connectivity index (χ2v) is 6.80. The van der Waals surface area contributed by atoms with Gasteiger partial charge in [0.1, 0.15) is 0 Å². The van der Waals surface area contributed by atoms with Gasteiger partial charge in [0.15, 0.2) is 0 Å². The van der Waals surface area contributed by atoms with Gasteiger partial charge in [0.2, 0.25) is 5.91 Å². The molecule has 2 rings (SSSR count). The standard InChI is InChI=1S/C15H20ClNO2S/c1-11(20-2)14(18)17-9-7-15(19,8-10-17)12-5-3-4-6-13(12)16/h3-6,11,19H,7-10H2,1-2H3. The quantitative estimate of drug-likeness (QED) is 0.933. The van der Waals surface area contributed by atoms with E-state index in [0.29, 0.717) is 31.0 Å². The lowest BCUT2D eigenvalue weighted by molar-refractivity contribution is -0.134. The van der Waals surface area contributed by atoms with Crippen LogP contribution in [0.1, 0.15) is 25.3 Å². The second kappa shape index (κ2) is 6.37. The molecule has 0 spiro atoms. The van der Waals surface area contributed by atoms with Crippen molar-refractivity contribution in [1.82, 2.24) is 4.90 Å². The molecule has 1 amide bonds. The lowest BCUT2D eigenvalue weighted by Gasteiger charge is -2.39. The Bertz CT molecular complexity index is 487. The molecule has 20 heavy (non-hydrogen) atoms. The van der Waals surface area contributed by atoms with Crippen molar-refractivity contribution in [2.45, 2.75) is 30.6 Å². The lowest BCUT2D eigenvalue weighted by atomic mass is 9.84. The average Bonchev–Trinajstić information content (AvgIpc) is 2.47. The Kier molecular flexibility index (Phi) is 4.99. The summed E-state index contributed by atoms with van der Waals surface area (Å²) >= 11 is 7.73. The highest BCUT2D eigenvalue weighted by Crippen LogP contribution is 2.36. The van der Waals surface area contributed by atoms with Gasteiger partial charge in [-0.3, -0.25) is 4.79 Å². The minimum atomic E-state index is -0.919. The number of thioether (sulfide) groups is 1. The molecule has 0 aliphatic carbocycles. The SMILES string of the molecule is CSC(C)C(=O)N1CCC(O)(c2ccccc2Cl)CC1. The Balaban J connectivity index is 2.07. The fourth-order valence-electron chi connectivity index (χ4n) is 2.56. The molecule has 0 saturated carbocycles. The summed E-state index contributed by atoms with van der Waals surface area (Å²) in [5.74, 6) is 0.152. The number of carbonyl (C=O) groups excluding carboxylic acids is 1. The first-order valence-corrected chi connectivity index (χ1v) is 8.43. The number of aliphatic hydroxyl groups is 1. The van der Waals surface area contributed by atoms with Crippen LogP contribution in [0, 0.1) is 0 Å². The van der Waals surface area contributed by atoms with Gasteiger partial charge in [-0.2, -0.15) is 11.8 Å². The maximum atomic E-state index is 12.1. The number of carbonyl (C=O) groups is 1. The van der Waals surface area contributed by atoms with Crippen LogP contribution >= 0.6 is 23.4 Å². The molecule has 0 aromatic heterocycles. The van der Waals surface area contributed by atoms with Gasteiger partial charge in [0.05, 0.1) is 10.9 Å². The van der Waals surface area contributed by atoms with Crippen LogP contribution in [0.5, 0.6) is 0 Å². The summed E-state index contributed by atoms with van der Waals surface area (Å²) in [7, 11) is 0. The number of nitrogens with zero attached hydrogens (tertiary/aromatic N) is 1. The zero-order chi connectivity index (χ0) is 14.8. The van der Waals surface area contributed by atoms with Crippen molar-refractivity contribution >= 4 is 29.3 Å². The van der Waals surface area contributed by atoms with Crippen molar-refractivity contribution in [3.05, 3.63) is 34.9 Å². The molecular weight excluding hydrogens is 294 g/mol. The fraction of sp³-hybridized carbons (Fsp3) is 0.533. The third kappa shape index (κ3) is 3.13. The highest BCUT2D eigenvalue weighted by molar-refractivity contribution is 7.99. The van der Waals surface area contributed by atoms with E-state index in [1.807, 2.05) is 36.3 Å². The van der Waals surface area contributed by atoms with Crippen LogP contribution in [-0.4, -0.2) is 40.5 Å². The van der Waals surface area contributed by atoms with E-state index >= 15 is 0 Å². The maximum Gasteiger partial charge on any atom is 0.235 e. The van der Waals surface area contributed by atoms with E-state index in [9.17, 15) is 9.90 Å². The van der Waals surface area contributed by atoms with E-state index in [2.05, 4.69) is 0 Å². The fourth-order valence-corrected chi connectivity index (χ4v) is 3.23. The van der Waals surface area contributed by atoms with Crippen molar-refractivity contribution in [2.75, 3.05) is 19.3 Å². The van der Waals surface area contributed by atoms with E-state index in [1.165, 1.54) is 0 Å². The van der Waals surface area contributed by atoms with Crippen molar-refractivity contribution in [2.24, 2.45) is 0 Å². The van der Waals surface area contributed by atoms with E-state index < -0.39 is 5.60 Å². The van der Waals surface area contributed by atoms with Crippen molar-refractivity contribution in [1.29, 1.82) is 0 Å². The van der Waals surface area contributed by atoms with Gasteiger partial charge in [-0.15, -0.1) is 0 Å². The monoisotopic (exact) mass is 313 g/mol. The zero-order valence-corrected chi connectivity index (χ0v) is 13.4. The zero-order valence-electron chi connectivity index (χ0n) is 11.8. The molecule has 1 fully saturated rings. The van der Waals surface area contributed by atoms with Crippen LogP contribution in [0.3, 0.4) is 0 Å². The number of piperidine rings is 1. The van der Waals surface area contributed by atoms with Crippen LogP contribution in [0.25, 0.3) is 0 Å². The van der Waals surface area contributed by atoms with E-state index in [0.717, 1.165) is 5.56 Å². The summed E-state index contributed by atoms with van der Waals surface area (Å²) in [5.41, 5.74) is -0.149.